The third-order valence-corrected chi connectivity index (χ3v) is 1.64. The molecular formula is C6H9BrO2. The van der Waals surface area contributed by atoms with Crippen LogP contribution in [0.4, 0.5) is 0 Å². The zero-order chi connectivity index (χ0) is 7.49. The summed E-state index contributed by atoms with van der Waals surface area (Å²) in [6, 6.07) is 0. The third-order valence-electron chi connectivity index (χ3n) is 1.13. The second-order valence-corrected chi connectivity index (χ2v) is 2.96. The number of ketones is 1. The number of hydrogen-bond acceptors (Lipinski definition) is 2. The topological polar surface area (TPSA) is 34.1 Å². The predicted octanol–water partition coefficient (Wildman–Crippen LogP) is 1.18. The first-order valence-electron chi connectivity index (χ1n) is 2.60. The van der Waals surface area contributed by atoms with Gasteiger partial charge in [-0.25, -0.2) is 0 Å². The highest BCUT2D eigenvalue weighted by Gasteiger charge is 2.24. The van der Waals surface area contributed by atoms with Gasteiger partial charge in [-0.05, 0) is 13.8 Å². The summed E-state index contributed by atoms with van der Waals surface area (Å²) in [7, 11) is 0. The fourth-order valence-electron chi connectivity index (χ4n) is 0.238. The van der Waals surface area contributed by atoms with E-state index in [1.54, 1.807) is 13.8 Å². The maximum absolute atomic E-state index is 10.8. The predicted molar refractivity (Wildman–Crippen MR) is 38.6 cm³/mol. The first-order chi connectivity index (χ1) is 4.04. The second kappa shape index (κ2) is 3.11. The van der Waals surface area contributed by atoms with Crippen molar-refractivity contribution in [2.45, 2.75) is 13.8 Å². The van der Waals surface area contributed by atoms with Gasteiger partial charge in [0.1, 0.15) is 6.29 Å². The Morgan fingerprint density at radius 3 is 2.22 bits per heavy atom. The van der Waals surface area contributed by atoms with Crippen molar-refractivity contribution in [1.82, 2.24) is 0 Å². The smallest absolute Gasteiger partial charge is 0.156 e. The van der Waals surface area contributed by atoms with Crippen LogP contribution in [0.2, 0.25) is 0 Å². The van der Waals surface area contributed by atoms with Gasteiger partial charge in [-0.2, -0.15) is 0 Å². The van der Waals surface area contributed by atoms with Crippen LogP contribution in [0.3, 0.4) is 0 Å². The summed E-state index contributed by atoms with van der Waals surface area (Å²) >= 11 is 2.98. The molecule has 0 aromatic heterocycles. The van der Waals surface area contributed by atoms with Crippen molar-refractivity contribution in [3.63, 3.8) is 0 Å². The summed E-state index contributed by atoms with van der Waals surface area (Å²) in [5.74, 6) is -0.0856. The molecule has 9 heavy (non-hydrogen) atoms. The van der Waals surface area contributed by atoms with Crippen molar-refractivity contribution in [2.75, 3.05) is 5.33 Å². The molecule has 0 saturated heterocycles. The van der Waals surface area contributed by atoms with E-state index < -0.39 is 5.41 Å². The van der Waals surface area contributed by atoms with Gasteiger partial charge in [-0.3, -0.25) is 4.79 Å². The molecule has 0 spiro atoms. The first-order valence-corrected chi connectivity index (χ1v) is 3.72. The number of rotatable bonds is 3. The van der Waals surface area contributed by atoms with E-state index in [2.05, 4.69) is 15.9 Å². The molecule has 0 radical (unpaired) electrons. The molecule has 0 atom stereocenters. The average molecular weight is 193 g/mol. The third kappa shape index (κ3) is 2.26. The molecule has 0 amide bonds. The standard InChI is InChI=1S/C6H9BrO2/c1-6(2,4-8)5(9)3-7/h4H,3H2,1-2H3. The molecule has 0 aromatic carbocycles. The Morgan fingerprint density at radius 1 is 1.67 bits per heavy atom. The van der Waals surface area contributed by atoms with Crippen LogP contribution in [-0.4, -0.2) is 17.4 Å². The van der Waals surface area contributed by atoms with Crippen molar-refractivity contribution in [2.24, 2.45) is 5.41 Å². The molecular weight excluding hydrogens is 184 g/mol. The van der Waals surface area contributed by atoms with Crippen molar-refractivity contribution in [1.29, 1.82) is 0 Å². The number of aldehydes is 1. The molecule has 52 valence electrons. The molecule has 0 rings (SSSR count). The molecule has 3 heteroatoms. The Balaban J connectivity index is 4.14. The lowest BCUT2D eigenvalue weighted by molar-refractivity contribution is -0.130. The van der Waals surface area contributed by atoms with Gasteiger partial charge < -0.3 is 4.79 Å². The van der Waals surface area contributed by atoms with Gasteiger partial charge in [0.15, 0.2) is 5.78 Å². The van der Waals surface area contributed by atoms with Crippen LogP contribution in [0.25, 0.3) is 0 Å². The zero-order valence-corrected chi connectivity index (χ0v) is 7.06. The van der Waals surface area contributed by atoms with E-state index in [9.17, 15) is 9.59 Å². The lowest BCUT2D eigenvalue weighted by atomic mass is 9.91. The highest BCUT2D eigenvalue weighted by atomic mass is 79.9. The van der Waals surface area contributed by atoms with E-state index in [4.69, 9.17) is 0 Å². The summed E-state index contributed by atoms with van der Waals surface area (Å²) in [6.07, 6.45) is 0.663. The Hall–Kier alpha value is -0.180. The van der Waals surface area contributed by atoms with Crippen molar-refractivity contribution in [3.05, 3.63) is 0 Å². The molecule has 0 aliphatic rings. The minimum absolute atomic E-state index is 0.0856. The number of hydrogen-bond donors (Lipinski definition) is 0. The Morgan fingerprint density at radius 2 is 2.11 bits per heavy atom. The summed E-state index contributed by atoms with van der Waals surface area (Å²) in [5, 5.41) is 0.249. The van der Waals surface area contributed by atoms with Gasteiger partial charge in [-0.15, -0.1) is 0 Å². The van der Waals surface area contributed by atoms with Crippen molar-refractivity contribution in [3.8, 4) is 0 Å². The van der Waals surface area contributed by atoms with Crippen LogP contribution in [0.1, 0.15) is 13.8 Å². The van der Waals surface area contributed by atoms with Gasteiger partial charge in [0.25, 0.3) is 0 Å². The average Bonchev–Trinajstić information content (AvgIpc) is 1.86. The molecule has 0 bridgehead atoms. The highest BCUT2D eigenvalue weighted by molar-refractivity contribution is 9.09. The van der Waals surface area contributed by atoms with Crippen molar-refractivity contribution < 1.29 is 9.59 Å². The van der Waals surface area contributed by atoms with Crippen molar-refractivity contribution >= 4 is 28.0 Å². The molecule has 0 fully saturated rings. The minimum atomic E-state index is -0.816. The van der Waals surface area contributed by atoms with Gasteiger partial charge >= 0.3 is 0 Å². The lowest BCUT2D eigenvalue weighted by Gasteiger charge is -2.11. The molecule has 0 unspecified atom stereocenters. The number of carbonyl (C=O) groups excluding carboxylic acids is 2. The van der Waals surface area contributed by atoms with E-state index in [0.717, 1.165) is 0 Å². The summed E-state index contributed by atoms with van der Waals surface area (Å²) in [5.41, 5.74) is -0.816. The Bertz CT molecular complexity index is 129. The summed E-state index contributed by atoms with van der Waals surface area (Å²) < 4.78 is 0. The monoisotopic (exact) mass is 192 g/mol. The zero-order valence-electron chi connectivity index (χ0n) is 5.48. The molecule has 2 nitrogen and oxygen atoms in total. The number of halogens is 1. The van der Waals surface area contributed by atoms with E-state index in [0.29, 0.717) is 6.29 Å². The van der Waals surface area contributed by atoms with Crippen LogP contribution < -0.4 is 0 Å². The van der Waals surface area contributed by atoms with Crippen LogP contribution >= 0.6 is 15.9 Å². The number of Topliss-reactive ketones (excluding diaryl/α,β-unsaturated/α-hetero) is 1. The molecule has 0 saturated carbocycles. The van der Waals surface area contributed by atoms with Crippen LogP contribution in [-0.2, 0) is 9.59 Å². The Kier molecular flexibility index (Phi) is 3.04. The van der Waals surface area contributed by atoms with Gasteiger partial charge in [0.2, 0.25) is 0 Å². The van der Waals surface area contributed by atoms with Crippen LogP contribution in [0.5, 0.6) is 0 Å². The minimum Gasteiger partial charge on any atom is -0.302 e. The molecule has 0 aliphatic heterocycles. The fraction of sp³-hybridized carbons (Fsp3) is 0.667. The maximum atomic E-state index is 10.8. The normalized spacial score (nSPS) is 11.0. The lowest BCUT2D eigenvalue weighted by Crippen LogP contribution is -2.26. The Labute approximate surface area is 62.8 Å². The largest absolute Gasteiger partial charge is 0.302 e. The van der Waals surface area contributed by atoms with Gasteiger partial charge in [0, 0.05) is 0 Å². The number of carbonyl (C=O) groups is 2. The molecule has 0 N–H and O–H groups in total. The first kappa shape index (κ1) is 8.82. The molecule has 0 aromatic rings. The SMILES string of the molecule is CC(C)(C=O)C(=O)CBr. The van der Waals surface area contributed by atoms with Gasteiger partial charge in [0.05, 0.1) is 10.7 Å². The maximum Gasteiger partial charge on any atom is 0.156 e. The summed E-state index contributed by atoms with van der Waals surface area (Å²) in [4.78, 5) is 21.0. The van der Waals surface area contributed by atoms with Crippen LogP contribution in [0, 0.1) is 5.41 Å². The van der Waals surface area contributed by atoms with E-state index in [-0.39, 0.29) is 11.1 Å². The van der Waals surface area contributed by atoms with E-state index in [1.807, 2.05) is 0 Å². The summed E-state index contributed by atoms with van der Waals surface area (Å²) in [6.45, 7) is 3.20. The number of alkyl halides is 1. The molecule has 0 heterocycles. The highest BCUT2D eigenvalue weighted by Crippen LogP contribution is 2.13. The second-order valence-electron chi connectivity index (χ2n) is 2.40. The van der Waals surface area contributed by atoms with E-state index >= 15 is 0 Å². The molecule has 0 aliphatic carbocycles. The fourth-order valence-corrected chi connectivity index (χ4v) is 0.961. The van der Waals surface area contributed by atoms with E-state index in [1.165, 1.54) is 0 Å². The van der Waals surface area contributed by atoms with Gasteiger partial charge in [-0.1, -0.05) is 15.9 Å². The van der Waals surface area contributed by atoms with Crippen LogP contribution in [0.15, 0.2) is 0 Å². The quantitative estimate of drug-likeness (QED) is 0.383.